The zero-order chi connectivity index (χ0) is 24.5. The van der Waals surface area contributed by atoms with E-state index in [-0.39, 0.29) is 5.69 Å². The third-order valence-corrected chi connectivity index (χ3v) is 4.98. The Bertz CT molecular complexity index is 1200. The predicted molar refractivity (Wildman–Crippen MR) is 131 cm³/mol. The van der Waals surface area contributed by atoms with Crippen molar-refractivity contribution in [3.63, 3.8) is 0 Å². The molecule has 0 unspecified atom stereocenters. The lowest BCUT2D eigenvalue weighted by Crippen LogP contribution is -2.32. The molecule has 176 valence electrons. The molecule has 3 rings (SSSR count). The molecule has 0 saturated heterocycles. The first-order valence-electron chi connectivity index (χ1n) is 9.93. The van der Waals surface area contributed by atoms with Crippen molar-refractivity contribution in [2.75, 3.05) is 19.5 Å². The van der Waals surface area contributed by atoms with E-state index in [9.17, 15) is 9.59 Å². The molecule has 0 atom stereocenters. The zero-order valence-corrected chi connectivity index (χ0v) is 19.8. The fourth-order valence-corrected chi connectivity index (χ4v) is 3.10. The van der Waals surface area contributed by atoms with Gasteiger partial charge in [-0.1, -0.05) is 35.3 Å². The summed E-state index contributed by atoms with van der Waals surface area (Å²) < 4.78 is 16.3. The van der Waals surface area contributed by atoms with Crippen molar-refractivity contribution in [2.45, 2.75) is 6.61 Å². The summed E-state index contributed by atoms with van der Waals surface area (Å²) in [4.78, 5) is 24.2. The summed E-state index contributed by atoms with van der Waals surface area (Å²) in [5.41, 5.74) is 4.00. The van der Waals surface area contributed by atoms with Crippen LogP contribution in [0.25, 0.3) is 0 Å². The summed E-state index contributed by atoms with van der Waals surface area (Å²) in [5, 5.41) is 7.28. The topological polar surface area (TPSA) is 98.2 Å². The van der Waals surface area contributed by atoms with Crippen LogP contribution in [0.5, 0.6) is 17.2 Å². The minimum atomic E-state index is -0.965. The van der Waals surface area contributed by atoms with Gasteiger partial charge in [0.05, 0.1) is 26.1 Å². The van der Waals surface area contributed by atoms with Crippen LogP contribution in [-0.2, 0) is 16.2 Å². The number of carbonyl (C=O) groups is 2. The van der Waals surface area contributed by atoms with Crippen molar-refractivity contribution in [1.82, 2.24) is 5.43 Å². The molecule has 0 radical (unpaired) electrons. The Balaban J connectivity index is 1.58. The lowest BCUT2D eigenvalue weighted by molar-refractivity contribution is -0.136. The summed E-state index contributed by atoms with van der Waals surface area (Å²) >= 11 is 11.8. The lowest BCUT2D eigenvalue weighted by atomic mass is 10.2. The Labute approximate surface area is 206 Å². The molecule has 0 heterocycles. The van der Waals surface area contributed by atoms with Gasteiger partial charge in [0.25, 0.3) is 0 Å². The maximum atomic E-state index is 12.1. The van der Waals surface area contributed by atoms with Crippen molar-refractivity contribution in [2.24, 2.45) is 5.10 Å². The standard InChI is InChI=1S/C24H21Cl2N3O5/c1-32-20-10-8-18(26)12-19(20)28-23(30)24(31)29-27-13-16-5-9-21(22(11-16)33-2)34-14-15-3-6-17(25)7-4-15/h3-13H,14H2,1-2H3,(H,28,30)(H,29,31)/b27-13+. The van der Waals surface area contributed by atoms with E-state index in [2.05, 4.69) is 15.8 Å². The quantitative estimate of drug-likeness (QED) is 0.265. The molecule has 8 nitrogen and oxygen atoms in total. The second kappa shape index (κ2) is 11.9. The number of anilines is 1. The van der Waals surface area contributed by atoms with Crippen LogP contribution in [0.3, 0.4) is 0 Å². The van der Waals surface area contributed by atoms with Gasteiger partial charge in [-0.15, -0.1) is 0 Å². The van der Waals surface area contributed by atoms with Gasteiger partial charge < -0.3 is 19.5 Å². The van der Waals surface area contributed by atoms with E-state index in [4.69, 9.17) is 37.4 Å². The van der Waals surface area contributed by atoms with Gasteiger partial charge in [0, 0.05) is 10.0 Å². The van der Waals surface area contributed by atoms with E-state index >= 15 is 0 Å². The molecular formula is C24H21Cl2N3O5. The van der Waals surface area contributed by atoms with Crippen LogP contribution in [0.2, 0.25) is 10.0 Å². The van der Waals surface area contributed by atoms with Gasteiger partial charge in [0.2, 0.25) is 0 Å². The second-order valence-corrected chi connectivity index (χ2v) is 7.70. The number of ether oxygens (including phenoxy) is 3. The van der Waals surface area contributed by atoms with E-state index in [1.165, 1.54) is 26.5 Å². The highest BCUT2D eigenvalue weighted by atomic mass is 35.5. The predicted octanol–water partition coefficient (Wildman–Crippen LogP) is 4.68. The van der Waals surface area contributed by atoms with Crippen LogP contribution in [0, 0.1) is 0 Å². The van der Waals surface area contributed by atoms with E-state index in [1.54, 1.807) is 42.5 Å². The number of carbonyl (C=O) groups excluding carboxylic acids is 2. The Kier molecular flexibility index (Phi) is 8.73. The Hall–Kier alpha value is -3.75. The molecule has 0 aliphatic carbocycles. The largest absolute Gasteiger partial charge is 0.495 e. The van der Waals surface area contributed by atoms with Gasteiger partial charge in [-0.3, -0.25) is 9.59 Å². The Morgan fingerprint density at radius 3 is 2.24 bits per heavy atom. The number of hydrazone groups is 1. The number of hydrogen-bond donors (Lipinski definition) is 2. The number of nitrogens with one attached hydrogen (secondary N) is 2. The monoisotopic (exact) mass is 501 g/mol. The molecule has 2 amide bonds. The summed E-state index contributed by atoms with van der Waals surface area (Å²) in [6.07, 6.45) is 1.37. The molecule has 10 heteroatoms. The van der Waals surface area contributed by atoms with E-state index in [0.717, 1.165) is 5.56 Å². The van der Waals surface area contributed by atoms with Crippen LogP contribution in [0.1, 0.15) is 11.1 Å². The highest BCUT2D eigenvalue weighted by Gasteiger charge is 2.15. The molecule has 34 heavy (non-hydrogen) atoms. The molecule has 0 spiro atoms. The Morgan fingerprint density at radius 2 is 1.53 bits per heavy atom. The summed E-state index contributed by atoms with van der Waals surface area (Å²) in [6, 6.07) is 17.1. The normalized spacial score (nSPS) is 10.6. The minimum Gasteiger partial charge on any atom is -0.495 e. The van der Waals surface area contributed by atoms with Gasteiger partial charge in [-0.05, 0) is 59.7 Å². The maximum Gasteiger partial charge on any atom is 0.329 e. The number of hydrogen-bond acceptors (Lipinski definition) is 6. The summed E-state index contributed by atoms with van der Waals surface area (Å²) in [7, 11) is 2.95. The highest BCUT2D eigenvalue weighted by Crippen LogP contribution is 2.29. The second-order valence-electron chi connectivity index (χ2n) is 6.82. The average Bonchev–Trinajstić information content (AvgIpc) is 2.84. The molecule has 0 aliphatic rings. The SMILES string of the molecule is COc1ccc(Cl)cc1NC(=O)C(=O)N/N=C/c1ccc(OCc2ccc(Cl)cc2)c(OC)c1. The zero-order valence-electron chi connectivity index (χ0n) is 18.3. The van der Waals surface area contributed by atoms with Gasteiger partial charge in [-0.25, -0.2) is 5.43 Å². The number of benzene rings is 3. The first-order valence-corrected chi connectivity index (χ1v) is 10.7. The minimum absolute atomic E-state index is 0.262. The summed E-state index contributed by atoms with van der Waals surface area (Å²) in [5.74, 6) is -0.516. The van der Waals surface area contributed by atoms with Gasteiger partial charge >= 0.3 is 11.8 Å². The van der Waals surface area contributed by atoms with E-state index in [0.29, 0.717) is 39.5 Å². The Morgan fingerprint density at radius 1 is 0.853 bits per heavy atom. The van der Waals surface area contributed by atoms with Gasteiger partial charge in [0.15, 0.2) is 11.5 Å². The van der Waals surface area contributed by atoms with Crippen LogP contribution >= 0.6 is 23.2 Å². The fraction of sp³-hybridized carbons (Fsp3) is 0.125. The van der Waals surface area contributed by atoms with Gasteiger partial charge in [-0.2, -0.15) is 5.10 Å². The molecule has 0 aliphatic heterocycles. The van der Waals surface area contributed by atoms with Crippen molar-refractivity contribution in [3.8, 4) is 17.2 Å². The van der Waals surface area contributed by atoms with Crippen molar-refractivity contribution in [3.05, 3.63) is 81.8 Å². The van der Waals surface area contributed by atoms with Crippen LogP contribution < -0.4 is 25.0 Å². The van der Waals surface area contributed by atoms with Crippen LogP contribution in [0.4, 0.5) is 5.69 Å². The summed E-state index contributed by atoms with van der Waals surface area (Å²) in [6.45, 7) is 0.337. The molecular weight excluding hydrogens is 481 g/mol. The third kappa shape index (κ3) is 6.87. The van der Waals surface area contributed by atoms with Crippen LogP contribution in [-0.4, -0.2) is 32.2 Å². The number of amides is 2. The smallest absolute Gasteiger partial charge is 0.329 e. The lowest BCUT2D eigenvalue weighted by Gasteiger charge is -2.11. The maximum absolute atomic E-state index is 12.1. The molecule has 0 saturated carbocycles. The van der Waals surface area contributed by atoms with Crippen molar-refractivity contribution >= 4 is 46.9 Å². The number of nitrogens with zero attached hydrogens (tertiary/aromatic N) is 1. The molecule has 3 aromatic carbocycles. The van der Waals surface area contributed by atoms with E-state index in [1.807, 2.05) is 12.1 Å². The molecule has 0 bridgehead atoms. The van der Waals surface area contributed by atoms with Crippen molar-refractivity contribution < 1.29 is 23.8 Å². The fourth-order valence-electron chi connectivity index (χ4n) is 2.80. The number of halogens is 2. The average molecular weight is 502 g/mol. The molecule has 3 aromatic rings. The van der Waals surface area contributed by atoms with Gasteiger partial charge in [0.1, 0.15) is 12.4 Å². The van der Waals surface area contributed by atoms with Crippen LogP contribution in [0.15, 0.2) is 65.8 Å². The highest BCUT2D eigenvalue weighted by molar-refractivity contribution is 6.40. The first-order chi connectivity index (χ1) is 16.4. The molecule has 0 aromatic heterocycles. The molecule has 0 fully saturated rings. The first kappa shape index (κ1) is 24.9. The van der Waals surface area contributed by atoms with Crippen molar-refractivity contribution in [1.29, 1.82) is 0 Å². The number of rotatable bonds is 8. The third-order valence-electron chi connectivity index (χ3n) is 4.49. The molecule has 2 N–H and O–H groups in total. The number of methoxy groups -OCH3 is 2. The van der Waals surface area contributed by atoms with E-state index < -0.39 is 11.8 Å².